The first-order chi connectivity index (χ1) is 15.8. The number of hydrogen-bond acceptors (Lipinski definition) is 5. The van der Waals surface area contributed by atoms with E-state index in [1.807, 2.05) is 31.2 Å². The Hall–Kier alpha value is -3.12. The summed E-state index contributed by atoms with van der Waals surface area (Å²) in [6.45, 7) is 13.0. The highest BCUT2D eigenvalue weighted by Gasteiger charge is 2.26. The Kier molecular flexibility index (Phi) is 8.28. The highest BCUT2D eigenvalue weighted by atomic mass is 16.2. The number of aryl methyl sites for hydroxylation is 1. The number of anilines is 2. The van der Waals surface area contributed by atoms with Gasteiger partial charge in [0.25, 0.3) is 11.8 Å². The first-order valence-corrected chi connectivity index (χ1v) is 11.8. The van der Waals surface area contributed by atoms with E-state index in [0.29, 0.717) is 17.2 Å². The van der Waals surface area contributed by atoms with Gasteiger partial charge < -0.3 is 10.6 Å². The van der Waals surface area contributed by atoms with Crippen molar-refractivity contribution in [2.75, 3.05) is 36.8 Å². The van der Waals surface area contributed by atoms with Gasteiger partial charge in [0.05, 0.1) is 0 Å². The van der Waals surface area contributed by atoms with Gasteiger partial charge in [0, 0.05) is 54.7 Å². The number of hydrogen-bond donors (Lipinski definition) is 2. The van der Waals surface area contributed by atoms with Crippen LogP contribution < -0.4 is 16.0 Å². The minimum absolute atomic E-state index is 0.319. The molecular formula is C27H36N4O2. The van der Waals surface area contributed by atoms with Gasteiger partial charge in [-0.1, -0.05) is 30.7 Å². The molecule has 1 unspecified atom stereocenters. The van der Waals surface area contributed by atoms with E-state index in [4.69, 9.17) is 5.73 Å². The number of carbonyl (C=O) groups is 2. The molecule has 33 heavy (non-hydrogen) atoms. The van der Waals surface area contributed by atoms with Crippen LogP contribution in [0.3, 0.4) is 0 Å². The number of nitrogens with two attached hydrogens (primary N) is 1. The van der Waals surface area contributed by atoms with E-state index in [9.17, 15) is 9.59 Å². The topological polar surface area (TPSA) is 78.7 Å². The maximum Gasteiger partial charge on any atom is 0.258 e. The molecule has 2 aromatic rings. The van der Waals surface area contributed by atoms with Crippen molar-refractivity contribution in [1.82, 2.24) is 10.2 Å². The van der Waals surface area contributed by atoms with Gasteiger partial charge >= 0.3 is 0 Å². The summed E-state index contributed by atoms with van der Waals surface area (Å²) in [7, 11) is 0. The lowest BCUT2D eigenvalue weighted by molar-refractivity contribution is -0.114. The van der Waals surface area contributed by atoms with Gasteiger partial charge in [-0.05, 0) is 69.5 Å². The zero-order valence-electron chi connectivity index (χ0n) is 20.2. The van der Waals surface area contributed by atoms with Crippen LogP contribution in [0.5, 0.6) is 0 Å². The summed E-state index contributed by atoms with van der Waals surface area (Å²) in [5.41, 5.74) is 10.8. The van der Waals surface area contributed by atoms with Crippen LogP contribution in [-0.2, 0) is 4.79 Å². The monoisotopic (exact) mass is 448 g/mol. The minimum Gasteiger partial charge on any atom is -0.399 e. The van der Waals surface area contributed by atoms with Crippen molar-refractivity contribution in [3.05, 3.63) is 65.2 Å². The van der Waals surface area contributed by atoms with Gasteiger partial charge in [-0.2, -0.15) is 0 Å². The molecule has 0 spiro atoms. The molecule has 2 heterocycles. The first kappa shape index (κ1) is 24.5. The molecule has 0 aromatic heterocycles. The number of nitrogens with one attached hydrogen (secondary N) is 1. The van der Waals surface area contributed by atoms with Crippen LogP contribution in [-0.4, -0.2) is 48.9 Å². The zero-order valence-corrected chi connectivity index (χ0v) is 20.2. The average Bonchev–Trinajstić information content (AvgIpc) is 3.06. The van der Waals surface area contributed by atoms with Crippen LogP contribution in [0.4, 0.5) is 11.4 Å². The Balaban J connectivity index is 0.000000189. The summed E-state index contributed by atoms with van der Waals surface area (Å²) in [5, 5.41) is 2.31. The number of allylic oxidation sites excluding steroid dienone is 1. The maximum atomic E-state index is 11.5. The molecule has 2 aromatic carbocycles. The molecule has 6 nitrogen and oxygen atoms in total. The SMILES string of the molecule is C/C=C1\C(=O)NC(=O)c2ccc(C)cc21.CCC(C)N1CCCN(c2ccc(N)cc2)CC1. The van der Waals surface area contributed by atoms with Gasteiger partial charge in [-0.3, -0.25) is 19.8 Å². The van der Waals surface area contributed by atoms with Crippen molar-refractivity contribution >= 4 is 28.8 Å². The van der Waals surface area contributed by atoms with Crippen LogP contribution in [0.25, 0.3) is 5.57 Å². The number of imide groups is 1. The van der Waals surface area contributed by atoms with E-state index >= 15 is 0 Å². The largest absolute Gasteiger partial charge is 0.399 e. The van der Waals surface area contributed by atoms with Crippen molar-refractivity contribution in [3.63, 3.8) is 0 Å². The summed E-state index contributed by atoms with van der Waals surface area (Å²) in [4.78, 5) is 28.1. The van der Waals surface area contributed by atoms with Gasteiger partial charge in [0.2, 0.25) is 0 Å². The molecule has 1 fully saturated rings. The fourth-order valence-corrected chi connectivity index (χ4v) is 4.31. The second-order valence-corrected chi connectivity index (χ2v) is 8.76. The molecular weight excluding hydrogens is 412 g/mol. The Labute approximate surface area is 197 Å². The van der Waals surface area contributed by atoms with Crippen molar-refractivity contribution in [3.8, 4) is 0 Å². The van der Waals surface area contributed by atoms with E-state index in [-0.39, 0.29) is 11.8 Å². The third kappa shape index (κ3) is 6.02. The van der Waals surface area contributed by atoms with Crippen LogP contribution in [0, 0.1) is 6.92 Å². The van der Waals surface area contributed by atoms with Crippen molar-refractivity contribution < 1.29 is 9.59 Å². The standard InChI is InChI=1S/C15H25N3.C12H11NO2/c1-3-13(2)17-9-4-10-18(12-11-17)15-7-5-14(16)6-8-15;1-3-8-10-6-7(2)4-5-9(10)12(15)13-11(8)14/h5-8,13H,3-4,9-12,16H2,1-2H3;3-6H,1-2H3,(H,13,14,15)/b;8-3-. The lowest BCUT2D eigenvalue weighted by atomic mass is 9.93. The lowest BCUT2D eigenvalue weighted by Crippen LogP contribution is -2.36. The molecule has 2 aliphatic heterocycles. The van der Waals surface area contributed by atoms with Gasteiger partial charge in [-0.15, -0.1) is 0 Å². The van der Waals surface area contributed by atoms with Gasteiger partial charge in [-0.25, -0.2) is 0 Å². The van der Waals surface area contributed by atoms with Gasteiger partial charge in [0.15, 0.2) is 0 Å². The predicted octanol–water partition coefficient (Wildman–Crippen LogP) is 4.25. The molecule has 3 N–H and O–H groups in total. The number of benzene rings is 2. The second-order valence-electron chi connectivity index (χ2n) is 8.76. The maximum absolute atomic E-state index is 11.5. The number of rotatable bonds is 3. The molecule has 0 aliphatic carbocycles. The Morgan fingerprint density at radius 1 is 1.00 bits per heavy atom. The molecule has 176 valence electrons. The molecule has 6 heteroatoms. The quantitative estimate of drug-likeness (QED) is 0.417. The molecule has 0 bridgehead atoms. The molecule has 1 saturated heterocycles. The molecule has 4 rings (SSSR count). The third-order valence-corrected chi connectivity index (χ3v) is 6.47. The fraction of sp³-hybridized carbons (Fsp3) is 0.407. The summed E-state index contributed by atoms with van der Waals surface area (Å²) in [6.07, 6.45) is 4.20. The van der Waals surface area contributed by atoms with E-state index < -0.39 is 0 Å². The fourth-order valence-electron chi connectivity index (χ4n) is 4.31. The number of carbonyl (C=O) groups excluding carboxylic acids is 2. The van der Waals surface area contributed by atoms with E-state index in [2.05, 4.69) is 41.1 Å². The summed E-state index contributed by atoms with van der Waals surface area (Å²) < 4.78 is 0. The number of nitrogen functional groups attached to an aromatic ring is 1. The normalized spacial score (nSPS) is 18.7. The molecule has 1 atom stereocenters. The Bertz CT molecular complexity index is 1010. The summed E-state index contributed by atoms with van der Waals surface area (Å²) in [6, 6.07) is 14.4. The highest BCUT2D eigenvalue weighted by molar-refractivity contribution is 6.30. The molecule has 2 aliphatic rings. The average molecular weight is 449 g/mol. The van der Waals surface area contributed by atoms with E-state index in [1.165, 1.54) is 31.6 Å². The zero-order chi connectivity index (χ0) is 24.0. The van der Waals surface area contributed by atoms with Crippen molar-refractivity contribution in [2.45, 2.75) is 46.6 Å². The second kappa shape index (κ2) is 11.1. The smallest absolute Gasteiger partial charge is 0.258 e. The minimum atomic E-state index is -0.319. The number of fused-ring (bicyclic) bond motifs is 1. The first-order valence-electron chi connectivity index (χ1n) is 11.8. The summed E-state index contributed by atoms with van der Waals surface area (Å²) >= 11 is 0. The number of nitrogens with zero attached hydrogens (tertiary/aromatic N) is 2. The lowest BCUT2D eigenvalue weighted by Gasteiger charge is -2.27. The predicted molar refractivity (Wildman–Crippen MR) is 136 cm³/mol. The summed E-state index contributed by atoms with van der Waals surface area (Å²) in [5.74, 6) is -0.638. The molecule has 0 saturated carbocycles. The van der Waals surface area contributed by atoms with Crippen LogP contribution in [0.2, 0.25) is 0 Å². The molecule has 2 amide bonds. The van der Waals surface area contributed by atoms with E-state index in [1.54, 1.807) is 19.1 Å². The van der Waals surface area contributed by atoms with Crippen LogP contribution in [0.1, 0.15) is 55.1 Å². The van der Waals surface area contributed by atoms with Crippen LogP contribution in [0.15, 0.2) is 48.5 Å². The van der Waals surface area contributed by atoms with Crippen LogP contribution >= 0.6 is 0 Å². The molecule has 0 radical (unpaired) electrons. The van der Waals surface area contributed by atoms with Crippen molar-refractivity contribution in [2.24, 2.45) is 0 Å². The third-order valence-electron chi connectivity index (χ3n) is 6.47. The number of amides is 2. The Morgan fingerprint density at radius 2 is 1.73 bits per heavy atom. The highest BCUT2D eigenvalue weighted by Crippen LogP contribution is 2.25. The van der Waals surface area contributed by atoms with E-state index in [0.717, 1.165) is 29.9 Å². The van der Waals surface area contributed by atoms with Crippen molar-refractivity contribution in [1.29, 1.82) is 0 Å². The van der Waals surface area contributed by atoms with Gasteiger partial charge in [0.1, 0.15) is 0 Å². The Morgan fingerprint density at radius 3 is 2.39 bits per heavy atom.